The molecule has 0 saturated heterocycles. The quantitative estimate of drug-likeness (QED) is 0.640. The van der Waals surface area contributed by atoms with Gasteiger partial charge in [-0.2, -0.15) is 0 Å². The highest BCUT2D eigenvalue weighted by Crippen LogP contribution is 2.29. The summed E-state index contributed by atoms with van der Waals surface area (Å²) in [6.45, 7) is 5.22. The van der Waals surface area contributed by atoms with E-state index in [1.54, 1.807) is 0 Å². The molecule has 4 heteroatoms. The summed E-state index contributed by atoms with van der Waals surface area (Å²) in [5, 5.41) is 10.5. The molecule has 0 N–H and O–H groups in total. The van der Waals surface area contributed by atoms with Gasteiger partial charge in [-0.3, -0.25) is 0 Å². The summed E-state index contributed by atoms with van der Waals surface area (Å²) in [5.41, 5.74) is 0.912. The molecule has 0 radical (unpaired) electrons. The third-order valence-electron chi connectivity index (χ3n) is 2.68. The maximum atomic E-state index is 10.5. The first-order valence-corrected chi connectivity index (χ1v) is 6.75. The fourth-order valence-corrected chi connectivity index (χ4v) is 1.67. The van der Waals surface area contributed by atoms with Gasteiger partial charge in [0.15, 0.2) is 11.5 Å². The zero-order valence-electron chi connectivity index (χ0n) is 11.6. The molecule has 19 heavy (non-hydrogen) atoms. The van der Waals surface area contributed by atoms with Crippen LogP contribution in [0.4, 0.5) is 0 Å². The average Bonchev–Trinajstić information content (AvgIpc) is 2.39. The van der Waals surface area contributed by atoms with Crippen LogP contribution in [-0.4, -0.2) is 19.2 Å². The number of carboxylic acid groups (broad SMARTS) is 1. The largest absolute Gasteiger partial charge is 0.550 e. The second-order valence-corrected chi connectivity index (χ2v) is 4.29. The maximum absolute atomic E-state index is 10.5. The first-order chi connectivity index (χ1) is 9.17. The lowest BCUT2D eigenvalue weighted by atomic mass is 10.1. The van der Waals surface area contributed by atoms with Gasteiger partial charge in [0.1, 0.15) is 0 Å². The van der Waals surface area contributed by atoms with E-state index < -0.39 is 5.97 Å². The molecule has 0 amide bonds. The Kier molecular flexibility index (Phi) is 6.79. The van der Waals surface area contributed by atoms with Crippen LogP contribution in [0.5, 0.6) is 11.5 Å². The number of carboxylic acids is 1. The summed E-state index contributed by atoms with van der Waals surface area (Å²) < 4.78 is 11.2. The normalized spacial score (nSPS) is 10.2. The fraction of sp³-hybridized carbons (Fsp3) is 0.533. The lowest BCUT2D eigenvalue weighted by Crippen LogP contribution is -2.22. The highest BCUT2D eigenvalue weighted by molar-refractivity contribution is 5.64. The van der Waals surface area contributed by atoms with Gasteiger partial charge in [-0.15, -0.1) is 0 Å². The SMILES string of the molecule is CCCCOc1ccc(CCC(=O)[O-])cc1OCC. The third-order valence-corrected chi connectivity index (χ3v) is 2.68. The van der Waals surface area contributed by atoms with Gasteiger partial charge >= 0.3 is 0 Å². The summed E-state index contributed by atoms with van der Waals surface area (Å²) in [7, 11) is 0. The van der Waals surface area contributed by atoms with Crippen molar-refractivity contribution in [2.75, 3.05) is 13.2 Å². The number of unbranched alkanes of at least 4 members (excludes halogenated alkanes) is 1. The molecule has 1 aromatic carbocycles. The van der Waals surface area contributed by atoms with E-state index in [4.69, 9.17) is 9.47 Å². The molecule has 0 heterocycles. The molecule has 0 aliphatic carbocycles. The van der Waals surface area contributed by atoms with E-state index in [0.717, 1.165) is 18.4 Å². The Morgan fingerprint density at radius 3 is 2.63 bits per heavy atom. The maximum Gasteiger partial charge on any atom is 0.161 e. The van der Waals surface area contributed by atoms with Gasteiger partial charge in [0.05, 0.1) is 13.2 Å². The summed E-state index contributed by atoms with van der Waals surface area (Å²) in [6.07, 6.45) is 2.53. The number of hydrogen-bond donors (Lipinski definition) is 0. The first kappa shape index (κ1) is 15.3. The number of aryl methyl sites for hydroxylation is 1. The summed E-state index contributed by atoms with van der Waals surface area (Å²) in [5.74, 6) is 0.350. The Labute approximate surface area is 114 Å². The second-order valence-electron chi connectivity index (χ2n) is 4.29. The van der Waals surface area contributed by atoms with Gasteiger partial charge in [-0.05, 0) is 43.9 Å². The molecule has 0 aliphatic heterocycles. The average molecular weight is 265 g/mol. The Hall–Kier alpha value is -1.71. The Balaban J connectivity index is 2.72. The molecule has 1 rings (SSSR count). The first-order valence-electron chi connectivity index (χ1n) is 6.75. The van der Waals surface area contributed by atoms with E-state index in [-0.39, 0.29) is 6.42 Å². The van der Waals surface area contributed by atoms with E-state index in [9.17, 15) is 9.90 Å². The molecule has 0 unspecified atom stereocenters. The standard InChI is InChI=1S/C15H22O4/c1-3-5-10-19-13-8-6-12(7-9-15(16)17)11-14(13)18-4-2/h6,8,11H,3-5,7,9-10H2,1-2H3,(H,16,17)/p-1. The zero-order valence-corrected chi connectivity index (χ0v) is 11.6. The summed E-state index contributed by atoms with van der Waals surface area (Å²) in [6, 6.07) is 5.55. The van der Waals surface area contributed by atoms with Crippen LogP contribution in [0.15, 0.2) is 18.2 Å². The lowest BCUT2D eigenvalue weighted by Gasteiger charge is -2.13. The van der Waals surface area contributed by atoms with Crippen LogP contribution in [0.3, 0.4) is 0 Å². The minimum atomic E-state index is -1.04. The molecule has 0 bridgehead atoms. The number of carbonyl (C=O) groups is 1. The van der Waals surface area contributed by atoms with Crippen LogP contribution in [0, 0.1) is 0 Å². The van der Waals surface area contributed by atoms with E-state index in [0.29, 0.717) is 31.1 Å². The van der Waals surface area contributed by atoms with Crippen LogP contribution in [-0.2, 0) is 11.2 Å². The fourth-order valence-electron chi connectivity index (χ4n) is 1.67. The van der Waals surface area contributed by atoms with Crippen LogP contribution in [0.1, 0.15) is 38.7 Å². The minimum Gasteiger partial charge on any atom is -0.550 e. The second kappa shape index (κ2) is 8.40. The molecule has 0 fully saturated rings. The highest BCUT2D eigenvalue weighted by Gasteiger charge is 2.06. The Bertz CT molecular complexity index is 401. The molecule has 1 aromatic rings. The van der Waals surface area contributed by atoms with Crippen molar-refractivity contribution in [1.82, 2.24) is 0 Å². The summed E-state index contributed by atoms with van der Waals surface area (Å²) in [4.78, 5) is 10.5. The topological polar surface area (TPSA) is 58.6 Å². The predicted octanol–water partition coefficient (Wildman–Crippen LogP) is 1.95. The van der Waals surface area contributed by atoms with Gasteiger partial charge in [0.2, 0.25) is 0 Å². The number of aliphatic carboxylic acids is 1. The van der Waals surface area contributed by atoms with Crippen LogP contribution in [0.25, 0.3) is 0 Å². The van der Waals surface area contributed by atoms with E-state index >= 15 is 0 Å². The van der Waals surface area contributed by atoms with Gasteiger partial charge in [0.25, 0.3) is 0 Å². The van der Waals surface area contributed by atoms with Crippen molar-refractivity contribution in [2.45, 2.75) is 39.5 Å². The molecule has 0 aliphatic rings. The molecule has 0 atom stereocenters. The molecule has 0 saturated carbocycles. The number of ether oxygens (including phenoxy) is 2. The van der Waals surface area contributed by atoms with Gasteiger partial charge in [-0.1, -0.05) is 19.4 Å². The zero-order chi connectivity index (χ0) is 14.1. The van der Waals surface area contributed by atoms with Crippen molar-refractivity contribution in [2.24, 2.45) is 0 Å². The van der Waals surface area contributed by atoms with Crippen molar-refractivity contribution in [3.63, 3.8) is 0 Å². The molecular formula is C15H21O4-. The van der Waals surface area contributed by atoms with E-state index in [1.807, 2.05) is 25.1 Å². The Morgan fingerprint density at radius 1 is 1.21 bits per heavy atom. The van der Waals surface area contributed by atoms with Crippen molar-refractivity contribution >= 4 is 5.97 Å². The number of hydrogen-bond acceptors (Lipinski definition) is 4. The van der Waals surface area contributed by atoms with Gasteiger partial charge in [-0.25, -0.2) is 0 Å². The van der Waals surface area contributed by atoms with Crippen molar-refractivity contribution < 1.29 is 19.4 Å². The van der Waals surface area contributed by atoms with Crippen LogP contribution >= 0.6 is 0 Å². The van der Waals surface area contributed by atoms with Crippen molar-refractivity contribution in [3.05, 3.63) is 23.8 Å². The highest BCUT2D eigenvalue weighted by atomic mass is 16.5. The lowest BCUT2D eigenvalue weighted by molar-refractivity contribution is -0.305. The molecule has 0 aromatic heterocycles. The smallest absolute Gasteiger partial charge is 0.161 e. The van der Waals surface area contributed by atoms with E-state index in [1.165, 1.54) is 0 Å². The van der Waals surface area contributed by atoms with Gasteiger partial charge < -0.3 is 19.4 Å². The number of carbonyl (C=O) groups excluding carboxylic acids is 1. The van der Waals surface area contributed by atoms with Crippen LogP contribution in [0.2, 0.25) is 0 Å². The molecular weight excluding hydrogens is 244 g/mol. The van der Waals surface area contributed by atoms with Gasteiger partial charge in [0, 0.05) is 5.97 Å². The molecule has 4 nitrogen and oxygen atoms in total. The minimum absolute atomic E-state index is 0.0155. The number of benzene rings is 1. The van der Waals surface area contributed by atoms with Crippen molar-refractivity contribution in [3.8, 4) is 11.5 Å². The summed E-state index contributed by atoms with van der Waals surface area (Å²) >= 11 is 0. The molecule has 0 spiro atoms. The van der Waals surface area contributed by atoms with Crippen LogP contribution < -0.4 is 14.6 Å². The van der Waals surface area contributed by atoms with Crippen molar-refractivity contribution in [1.29, 1.82) is 0 Å². The monoisotopic (exact) mass is 265 g/mol. The Morgan fingerprint density at radius 2 is 2.00 bits per heavy atom. The number of rotatable bonds is 9. The predicted molar refractivity (Wildman–Crippen MR) is 71.3 cm³/mol. The third kappa shape index (κ3) is 5.64. The van der Waals surface area contributed by atoms with E-state index in [2.05, 4.69) is 6.92 Å². The molecule has 106 valence electrons.